The number of anilines is 1. The Morgan fingerprint density at radius 3 is 2.76 bits per heavy atom. The first-order valence-electron chi connectivity index (χ1n) is 5.01. The Kier molecular flexibility index (Phi) is 3.44. The van der Waals surface area contributed by atoms with Crippen LogP contribution in [0, 0.1) is 0 Å². The van der Waals surface area contributed by atoms with E-state index < -0.39 is 5.97 Å². The van der Waals surface area contributed by atoms with Gasteiger partial charge in [-0.2, -0.15) is 12.6 Å². The van der Waals surface area contributed by atoms with Gasteiger partial charge in [-0.05, 0) is 28.1 Å². The number of carbonyl (C=O) groups is 2. The Bertz CT molecular complexity index is 492. The van der Waals surface area contributed by atoms with E-state index >= 15 is 0 Å². The first kappa shape index (κ1) is 12.4. The van der Waals surface area contributed by atoms with Crippen LogP contribution in [0.25, 0.3) is 0 Å². The van der Waals surface area contributed by atoms with Crippen LogP contribution >= 0.6 is 28.6 Å². The number of amides is 1. The molecule has 1 atom stereocenters. The third-order valence-corrected chi connectivity index (χ3v) is 3.61. The Labute approximate surface area is 112 Å². The molecule has 0 bridgehead atoms. The third kappa shape index (κ3) is 2.32. The Morgan fingerprint density at radius 1 is 1.53 bits per heavy atom. The Hall–Kier alpha value is -1.01. The molecule has 1 aromatic rings. The summed E-state index contributed by atoms with van der Waals surface area (Å²) in [7, 11) is 0. The number of carbonyl (C=O) groups excluding carboxylic acids is 1. The number of benzene rings is 1. The van der Waals surface area contributed by atoms with Crippen molar-refractivity contribution in [1.29, 1.82) is 0 Å². The molecule has 2 rings (SSSR count). The maximum absolute atomic E-state index is 11.7. The molecular formula is C11H10BrNO3S. The topological polar surface area (TPSA) is 57.6 Å². The largest absolute Gasteiger partial charge is 0.478 e. The summed E-state index contributed by atoms with van der Waals surface area (Å²) >= 11 is 7.44. The lowest BCUT2D eigenvalue weighted by atomic mass is 10.1. The lowest BCUT2D eigenvalue weighted by Gasteiger charge is -2.19. The van der Waals surface area contributed by atoms with Gasteiger partial charge in [-0.1, -0.05) is 6.07 Å². The molecule has 1 unspecified atom stereocenters. The van der Waals surface area contributed by atoms with Gasteiger partial charge >= 0.3 is 5.97 Å². The highest BCUT2D eigenvalue weighted by atomic mass is 79.9. The van der Waals surface area contributed by atoms with E-state index in [1.165, 1.54) is 4.90 Å². The number of aromatic carboxylic acids is 1. The zero-order chi connectivity index (χ0) is 12.6. The fourth-order valence-electron chi connectivity index (χ4n) is 1.87. The van der Waals surface area contributed by atoms with Gasteiger partial charge in [-0.15, -0.1) is 0 Å². The number of hydrogen-bond donors (Lipinski definition) is 2. The van der Waals surface area contributed by atoms with Gasteiger partial charge in [-0.25, -0.2) is 4.79 Å². The predicted molar refractivity (Wildman–Crippen MR) is 70.8 cm³/mol. The van der Waals surface area contributed by atoms with E-state index in [2.05, 4.69) is 28.6 Å². The summed E-state index contributed by atoms with van der Waals surface area (Å²) in [6.45, 7) is 0.443. The highest BCUT2D eigenvalue weighted by Gasteiger charge is 2.31. The van der Waals surface area contributed by atoms with Crippen LogP contribution in [0.4, 0.5) is 5.69 Å². The second-order valence-electron chi connectivity index (χ2n) is 3.80. The molecule has 1 aliphatic heterocycles. The Balaban J connectivity index is 2.49. The average Bonchev–Trinajstić information content (AvgIpc) is 2.56. The van der Waals surface area contributed by atoms with Crippen LogP contribution in [0.1, 0.15) is 16.8 Å². The SMILES string of the molecule is O=C(O)c1c(Br)cccc1N1CC(S)CC1=O. The molecule has 17 heavy (non-hydrogen) atoms. The van der Waals surface area contributed by atoms with Gasteiger partial charge in [0.25, 0.3) is 0 Å². The number of rotatable bonds is 2. The van der Waals surface area contributed by atoms with Crippen molar-refractivity contribution >= 4 is 46.1 Å². The molecule has 1 aliphatic rings. The van der Waals surface area contributed by atoms with Crippen LogP contribution in [0.5, 0.6) is 0 Å². The standard InChI is InChI=1S/C11H10BrNO3S/c12-7-2-1-3-8(10(7)11(15)16)13-5-6(17)4-9(13)14/h1-3,6,17H,4-5H2,(H,15,16). The molecule has 0 aliphatic carbocycles. The molecule has 0 radical (unpaired) electrons. The highest BCUT2D eigenvalue weighted by molar-refractivity contribution is 9.10. The van der Waals surface area contributed by atoms with Crippen molar-refractivity contribution in [3.8, 4) is 0 Å². The molecule has 90 valence electrons. The van der Waals surface area contributed by atoms with E-state index in [9.17, 15) is 14.7 Å². The van der Waals surface area contributed by atoms with E-state index in [1.807, 2.05) is 0 Å². The summed E-state index contributed by atoms with van der Waals surface area (Å²) < 4.78 is 0.470. The number of carboxylic acids is 1. The van der Waals surface area contributed by atoms with Crippen molar-refractivity contribution < 1.29 is 14.7 Å². The van der Waals surface area contributed by atoms with Crippen LogP contribution in [-0.4, -0.2) is 28.8 Å². The van der Waals surface area contributed by atoms with Crippen LogP contribution in [0.2, 0.25) is 0 Å². The molecule has 0 spiro atoms. The molecule has 4 nitrogen and oxygen atoms in total. The zero-order valence-corrected chi connectivity index (χ0v) is 11.2. The summed E-state index contributed by atoms with van der Waals surface area (Å²) in [6, 6.07) is 4.99. The lowest BCUT2D eigenvalue weighted by molar-refractivity contribution is -0.117. The number of hydrogen-bond acceptors (Lipinski definition) is 3. The van der Waals surface area contributed by atoms with Crippen molar-refractivity contribution in [3.05, 3.63) is 28.2 Å². The number of carboxylic acid groups (broad SMARTS) is 1. The normalized spacial score (nSPS) is 19.8. The Morgan fingerprint density at radius 2 is 2.24 bits per heavy atom. The van der Waals surface area contributed by atoms with E-state index in [0.717, 1.165) is 0 Å². The molecule has 1 saturated heterocycles. The lowest BCUT2D eigenvalue weighted by Crippen LogP contribution is -2.26. The van der Waals surface area contributed by atoms with E-state index in [1.54, 1.807) is 18.2 Å². The highest BCUT2D eigenvalue weighted by Crippen LogP contribution is 2.31. The van der Waals surface area contributed by atoms with Crippen LogP contribution in [0.15, 0.2) is 22.7 Å². The molecule has 0 aromatic heterocycles. The van der Waals surface area contributed by atoms with Gasteiger partial charge in [0.15, 0.2) is 0 Å². The number of thiol groups is 1. The smallest absolute Gasteiger partial charge is 0.338 e. The monoisotopic (exact) mass is 315 g/mol. The molecule has 1 aromatic carbocycles. The van der Waals surface area contributed by atoms with Gasteiger partial charge < -0.3 is 10.0 Å². The van der Waals surface area contributed by atoms with Gasteiger partial charge in [0.2, 0.25) is 5.91 Å². The molecule has 1 N–H and O–H groups in total. The maximum atomic E-state index is 11.7. The van der Waals surface area contributed by atoms with Crippen LogP contribution in [-0.2, 0) is 4.79 Å². The molecule has 6 heteroatoms. The van der Waals surface area contributed by atoms with Crippen molar-refractivity contribution in [1.82, 2.24) is 0 Å². The van der Waals surface area contributed by atoms with Crippen molar-refractivity contribution in [2.24, 2.45) is 0 Å². The van der Waals surface area contributed by atoms with Gasteiger partial charge in [0.1, 0.15) is 0 Å². The van der Waals surface area contributed by atoms with Gasteiger partial charge in [0, 0.05) is 22.7 Å². The minimum Gasteiger partial charge on any atom is -0.478 e. The minimum absolute atomic E-state index is 0.0388. The minimum atomic E-state index is -1.05. The van der Waals surface area contributed by atoms with Gasteiger partial charge in [-0.3, -0.25) is 4.79 Å². The second-order valence-corrected chi connectivity index (χ2v) is 5.39. The average molecular weight is 316 g/mol. The quantitative estimate of drug-likeness (QED) is 0.822. The summed E-state index contributed by atoms with van der Waals surface area (Å²) in [5.74, 6) is -1.14. The molecule has 1 amide bonds. The van der Waals surface area contributed by atoms with Crippen LogP contribution < -0.4 is 4.90 Å². The van der Waals surface area contributed by atoms with Crippen molar-refractivity contribution in [2.45, 2.75) is 11.7 Å². The summed E-state index contributed by atoms with van der Waals surface area (Å²) in [5.41, 5.74) is 0.539. The van der Waals surface area contributed by atoms with E-state index in [4.69, 9.17) is 0 Å². The third-order valence-electron chi connectivity index (χ3n) is 2.60. The summed E-state index contributed by atoms with van der Waals surface area (Å²) in [6.07, 6.45) is 0.342. The zero-order valence-electron chi connectivity index (χ0n) is 8.76. The first-order valence-corrected chi connectivity index (χ1v) is 6.32. The molecular weight excluding hydrogens is 306 g/mol. The molecule has 1 heterocycles. The van der Waals surface area contributed by atoms with Crippen molar-refractivity contribution in [2.75, 3.05) is 11.4 Å². The fourth-order valence-corrected chi connectivity index (χ4v) is 2.72. The summed E-state index contributed by atoms with van der Waals surface area (Å²) in [5, 5.41) is 9.13. The maximum Gasteiger partial charge on any atom is 0.338 e. The number of halogens is 1. The van der Waals surface area contributed by atoms with E-state index in [-0.39, 0.29) is 16.7 Å². The molecule has 1 fully saturated rings. The first-order chi connectivity index (χ1) is 8.00. The molecule has 0 saturated carbocycles. The van der Waals surface area contributed by atoms with E-state index in [0.29, 0.717) is 23.1 Å². The number of nitrogens with zero attached hydrogens (tertiary/aromatic N) is 1. The van der Waals surface area contributed by atoms with Crippen LogP contribution in [0.3, 0.4) is 0 Å². The second kappa shape index (κ2) is 4.70. The van der Waals surface area contributed by atoms with Crippen molar-refractivity contribution in [3.63, 3.8) is 0 Å². The fraction of sp³-hybridized carbons (Fsp3) is 0.273. The summed E-state index contributed by atoms with van der Waals surface area (Å²) in [4.78, 5) is 24.4. The van der Waals surface area contributed by atoms with Gasteiger partial charge in [0.05, 0.1) is 11.3 Å². The predicted octanol–water partition coefficient (Wildman–Crippen LogP) is 2.18.